The number of likely N-dealkylation sites (tertiary alicyclic amines) is 1. The van der Waals surface area contributed by atoms with Crippen LogP contribution in [0.5, 0.6) is 0 Å². The number of sulfonamides is 1. The highest BCUT2D eigenvalue weighted by Gasteiger charge is 2.25. The van der Waals surface area contributed by atoms with Gasteiger partial charge >= 0.3 is 0 Å². The molecule has 7 nitrogen and oxygen atoms in total. The topological polar surface area (TPSA) is 98.7 Å². The molecule has 1 aliphatic heterocycles. The van der Waals surface area contributed by atoms with Gasteiger partial charge in [-0.15, -0.1) is 0 Å². The van der Waals surface area contributed by atoms with E-state index in [4.69, 9.17) is 0 Å². The number of nitrogens with zero attached hydrogens (tertiary/aromatic N) is 1. The highest BCUT2D eigenvalue weighted by molar-refractivity contribution is 7.89. The third kappa shape index (κ3) is 5.03. The molecular weight excluding hydrogens is 354 g/mol. The molecule has 2 fully saturated rings. The van der Waals surface area contributed by atoms with Crippen LogP contribution in [0.4, 0.5) is 0 Å². The van der Waals surface area contributed by atoms with Gasteiger partial charge in [0.05, 0.1) is 11.5 Å². The molecule has 1 saturated heterocycles. The second-order valence-electron chi connectivity index (χ2n) is 7.04. The summed E-state index contributed by atoms with van der Waals surface area (Å²) in [7, 11) is -3.67. The highest BCUT2D eigenvalue weighted by Crippen LogP contribution is 2.20. The Kier molecular flexibility index (Phi) is 6.29. The molecule has 0 unspecified atom stereocenters. The van der Waals surface area contributed by atoms with E-state index in [-0.39, 0.29) is 36.0 Å². The lowest BCUT2D eigenvalue weighted by atomic mass is 10.0. The zero-order valence-electron chi connectivity index (χ0n) is 14.9. The smallest absolute Gasteiger partial charge is 0.251 e. The summed E-state index contributed by atoms with van der Waals surface area (Å²) in [5, 5.41) is 12.3. The Bertz CT molecular complexity index is 734. The second kappa shape index (κ2) is 8.47. The van der Waals surface area contributed by atoms with Crippen LogP contribution in [0.25, 0.3) is 0 Å². The number of rotatable bonds is 8. The Morgan fingerprint density at radius 1 is 1.23 bits per heavy atom. The maximum Gasteiger partial charge on any atom is 0.251 e. The number of carbonyl (C=O) groups is 1. The fourth-order valence-corrected chi connectivity index (χ4v) is 4.34. The molecule has 144 valence electrons. The van der Waals surface area contributed by atoms with Gasteiger partial charge in [0.1, 0.15) is 0 Å². The van der Waals surface area contributed by atoms with Crippen molar-refractivity contribution in [1.82, 2.24) is 14.9 Å². The van der Waals surface area contributed by atoms with E-state index in [0.717, 1.165) is 38.6 Å². The van der Waals surface area contributed by atoms with Crippen molar-refractivity contribution in [2.45, 2.75) is 49.1 Å². The zero-order chi connectivity index (χ0) is 18.6. The lowest BCUT2D eigenvalue weighted by Crippen LogP contribution is -2.45. The van der Waals surface area contributed by atoms with E-state index >= 15 is 0 Å². The number of aliphatic hydroxyl groups excluding tert-OH is 1. The summed E-state index contributed by atoms with van der Waals surface area (Å²) in [6.07, 6.45) is 5.08. The van der Waals surface area contributed by atoms with Crippen LogP contribution in [0, 0.1) is 0 Å². The van der Waals surface area contributed by atoms with Gasteiger partial charge in [-0.05, 0) is 50.4 Å². The fourth-order valence-electron chi connectivity index (χ4n) is 3.27. The molecule has 1 aliphatic carbocycles. The molecular formula is C18H27N3O4S. The van der Waals surface area contributed by atoms with Crippen molar-refractivity contribution in [3.05, 3.63) is 29.8 Å². The molecule has 1 atom stereocenters. The van der Waals surface area contributed by atoms with Crippen molar-refractivity contribution >= 4 is 15.9 Å². The Balaban J connectivity index is 1.58. The highest BCUT2D eigenvalue weighted by atomic mass is 32.2. The molecule has 0 aromatic heterocycles. The normalized spacial score (nSPS) is 21.5. The number of benzene rings is 1. The number of aliphatic hydroxyl groups is 1. The number of amides is 1. The number of hydrogen-bond acceptors (Lipinski definition) is 5. The Morgan fingerprint density at radius 2 is 2.04 bits per heavy atom. The van der Waals surface area contributed by atoms with Crippen LogP contribution in [0.15, 0.2) is 29.2 Å². The van der Waals surface area contributed by atoms with Gasteiger partial charge in [-0.2, -0.15) is 0 Å². The van der Waals surface area contributed by atoms with Gasteiger partial charge in [0.15, 0.2) is 0 Å². The summed E-state index contributed by atoms with van der Waals surface area (Å²) in [6.45, 7) is 1.82. The molecule has 1 saturated carbocycles. The van der Waals surface area contributed by atoms with E-state index in [0.29, 0.717) is 12.1 Å². The first-order valence-corrected chi connectivity index (χ1v) is 10.7. The molecule has 1 heterocycles. The molecule has 3 rings (SSSR count). The SMILES string of the molecule is O=C(NC1CC1)c1cccc(S(=O)(=O)NCCN2CCCC[C@@H]2CO)c1. The molecule has 3 N–H and O–H groups in total. The number of carbonyl (C=O) groups excluding carboxylic acids is 1. The van der Waals surface area contributed by atoms with Crippen molar-refractivity contribution in [2.24, 2.45) is 0 Å². The summed E-state index contributed by atoms with van der Waals surface area (Å²) in [5.41, 5.74) is 0.358. The lowest BCUT2D eigenvalue weighted by molar-refractivity contribution is 0.0923. The first kappa shape index (κ1) is 19.3. The van der Waals surface area contributed by atoms with Gasteiger partial charge in [-0.3, -0.25) is 9.69 Å². The third-order valence-corrected chi connectivity index (χ3v) is 6.43. The van der Waals surface area contributed by atoms with Crippen LogP contribution < -0.4 is 10.0 Å². The van der Waals surface area contributed by atoms with Crippen LogP contribution in [0.3, 0.4) is 0 Å². The third-order valence-electron chi connectivity index (χ3n) is 4.97. The maximum absolute atomic E-state index is 12.5. The quantitative estimate of drug-likeness (QED) is 0.616. The first-order chi connectivity index (χ1) is 12.5. The minimum absolute atomic E-state index is 0.0956. The fraction of sp³-hybridized carbons (Fsp3) is 0.611. The van der Waals surface area contributed by atoms with Crippen molar-refractivity contribution in [2.75, 3.05) is 26.2 Å². The van der Waals surface area contributed by atoms with Crippen LogP contribution in [0.1, 0.15) is 42.5 Å². The Hall–Kier alpha value is -1.48. The van der Waals surface area contributed by atoms with E-state index in [9.17, 15) is 18.3 Å². The molecule has 1 aromatic carbocycles. The number of hydrogen-bond donors (Lipinski definition) is 3. The van der Waals surface area contributed by atoms with E-state index in [2.05, 4.69) is 14.9 Å². The van der Waals surface area contributed by atoms with Gasteiger partial charge in [-0.1, -0.05) is 12.5 Å². The standard InChI is InChI=1S/C18H27N3O4S/c22-13-16-5-1-2-10-21(16)11-9-19-26(24,25)17-6-3-4-14(12-17)18(23)20-15-7-8-15/h3-4,6,12,15-16,19,22H,1-2,5,7-11,13H2,(H,20,23)/t16-/m1/s1. The van der Waals surface area contributed by atoms with E-state index in [1.54, 1.807) is 12.1 Å². The van der Waals surface area contributed by atoms with E-state index < -0.39 is 10.0 Å². The van der Waals surface area contributed by atoms with Crippen molar-refractivity contribution in [3.8, 4) is 0 Å². The van der Waals surface area contributed by atoms with Gasteiger partial charge < -0.3 is 10.4 Å². The monoisotopic (exact) mass is 381 g/mol. The minimum Gasteiger partial charge on any atom is -0.395 e. The van der Waals surface area contributed by atoms with Crippen molar-refractivity contribution < 1.29 is 18.3 Å². The van der Waals surface area contributed by atoms with Gasteiger partial charge in [-0.25, -0.2) is 13.1 Å². The molecule has 0 radical (unpaired) electrons. The largest absolute Gasteiger partial charge is 0.395 e. The van der Waals surface area contributed by atoms with Crippen molar-refractivity contribution in [3.63, 3.8) is 0 Å². The van der Waals surface area contributed by atoms with E-state index in [1.807, 2.05) is 0 Å². The van der Waals surface area contributed by atoms with Crippen LogP contribution in [-0.4, -0.2) is 62.7 Å². The van der Waals surface area contributed by atoms with Gasteiger partial charge in [0.25, 0.3) is 5.91 Å². The molecule has 8 heteroatoms. The first-order valence-electron chi connectivity index (χ1n) is 9.25. The van der Waals surface area contributed by atoms with Crippen LogP contribution in [-0.2, 0) is 10.0 Å². The van der Waals surface area contributed by atoms with Crippen molar-refractivity contribution in [1.29, 1.82) is 0 Å². The second-order valence-corrected chi connectivity index (χ2v) is 8.81. The predicted octanol–water partition coefficient (Wildman–Crippen LogP) is 0.704. The molecule has 0 spiro atoms. The van der Waals surface area contributed by atoms with Crippen LogP contribution in [0.2, 0.25) is 0 Å². The molecule has 0 bridgehead atoms. The summed E-state index contributed by atoms with van der Waals surface area (Å²) in [5.74, 6) is -0.233. The summed E-state index contributed by atoms with van der Waals surface area (Å²) in [4.78, 5) is 14.3. The summed E-state index contributed by atoms with van der Waals surface area (Å²) < 4.78 is 27.7. The summed E-state index contributed by atoms with van der Waals surface area (Å²) in [6, 6.07) is 6.46. The summed E-state index contributed by atoms with van der Waals surface area (Å²) >= 11 is 0. The minimum atomic E-state index is -3.67. The van der Waals surface area contributed by atoms with Crippen LogP contribution >= 0.6 is 0 Å². The average Bonchev–Trinajstić information content (AvgIpc) is 3.46. The molecule has 2 aliphatic rings. The predicted molar refractivity (Wildman–Crippen MR) is 98.4 cm³/mol. The zero-order valence-corrected chi connectivity index (χ0v) is 15.7. The average molecular weight is 381 g/mol. The van der Waals surface area contributed by atoms with Gasteiger partial charge in [0, 0.05) is 30.7 Å². The Labute approximate surface area is 154 Å². The van der Waals surface area contributed by atoms with E-state index in [1.165, 1.54) is 12.1 Å². The Morgan fingerprint density at radius 3 is 2.77 bits per heavy atom. The number of piperidine rings is 1. The molecule has 1 amide bonds. The lowest BCUT2D eigenvalue weighted by Gasteiger charge is -2.34. The van der Waals surface area contributed by atoms with Gasteiger partial charge in [0.2, 0.25) is 10.0 Å². The maximum atomic E-state index is 12.5. The number of nitrogens with one attached hydrogen (secondary N) is 2. The molecule has 26 heavy (non-hydrogen) atoms. The molecule has 1 aromatic rings.